The van der Waals surface area contributed by atoms with Crippen LogP contribution >= 0.6 is 0 Å². The van der Waals surface area contributed by atoms with Crippen molar-refractivity contribution in [2.24, 2.45) is 0 Å². The molecule has 0 aliphatic rings. The molecule has 6 aromatic rings. The Kier molecular flexibility index (Phi) is 6.72. The molecule has 7 heteroatoms. The first-order valence-electron chi connectivity index (χ1n) is 13.6. The van der Waals surface area contributed by atoms with E-state index in [4.69, 9.17) is 4.42 Å². The lowest BCUT2D eigenvalue weighted by Crippen LogP contribution is -2.32. The monoisotopic (exact) mass is 531 g/mol. The molecular weight excluding hydrogens is 498 g/mol. The van der Waals surface area contributed by atoms with Crippen molar-refractivity contribution in [1.29, 1.82) is 0 Å². The number of fused-ring (bicyclic) bond motifs is 1. The van der Waals surface area contributed by atoms with Crippen LogP contribution in [0.25, 0.3) is 22.2 Å². The van der Waals surface area contributed by atoms with Crippen molar-refractivity contribution in [2.45, 2.75) is 51.7 Å². The molecule has 0 saturated heterocycles. The Morgan fingerprint density at radius 2 is 1.62 bits per heavy atom. The van der Waals surface area contributed by atoms with Gasteiger partial charge in [-0.3, -0.25) is 9.48 Å². The molecule has 3 aromatic carbocycles. The molecule has 0 spiro atoms. The van der Waals surface area contributed by atoms with E-state index in [9.17, 15) is 4.79 Å². The van der Waals surface area contributed by atoms with Crippen molar-refractivity contribution >= 4 is 10.9 Å². The van der Waals surface area contributed by atoms with E-state index in [0.717, 1.165) is 28.1 Å². The Morgan fingerprint density at radius 3 is 2.35 bits per heavy atom. The molecule has 0 saturated carbocycles. The van der Waals surface area contributed by atoms with Crippen LogP contribution in [0.15, 0.2) is 113 Å². The van der Waals surface area contributed by atoms with Crippen molar-refractivity contribution in [2.75, 3.05) is 0 Å². The van der Waals surface area contributed by atoms with Crippen LogP contribution in [0.1, 0.15) is 43.7 Å². The molecule has 40 heavy (non-hydrogen) atoms. The average molecular weight is 532 g/mol. The third-order valence-corrected chi connectivity index (χ3v) is 7.41. The molecule has 0 amide bonds. The van der Waals surface area contributed by atoms with Crippen LogP contribution in [-0.2, 0) is 24.9 Å². The van der Waals surface area contributed by atoms with Crippen molar-refractivity contribution in [3.05, 3.63) is 131 Å². The first-order chi connectivity index (χ1) is 19.4. The molecule has 0 aliphatic heterocycles. The predicted octanol–water partition coefficient (Wildman–Crippen LogP) is 6.48. The maximum Gasteiger partial charge on any atom is 0.274 e. The molecule has 1 atom stereocenters. The highest BCUT2D eigenvalue weighted by Crippen LogP contribution is 2.26. The molecule has 7 nitrogen and oxygen atoms in total. The molecule has 0 fully saturated rings. The van der Waals surface area contributed by atoms with Gasteiger partial charge in [-0.15, -0.1) is 5.10 Å². The van der Waals surface area contributed by atoms with Gasteiger partial charge in [0.15, 0.2) is 0 Å². The van der Waals surface area contributed by atoms with Crippen molar-refractivity contribution in [3.8, 4) is 11.3 Å². The molecule has 202 valence electrons. The van der Waals surface area contributed by atoms with Gasteiger partial charge in [-0.1, -0.05) is 92.7 Å². The fraction of sp³-hybridized carbons (Fsp3) is 0.242. The number of nitrogens with zero attached hydrogens (tertiary/aromatic N) is 5. The van der Waals surface area contributed by atoms with Crippen LogP contribution in [0.4, 0.5) is 0 Å². The Balaban J connectivity index is 1.39. The maximum atomic E-state index is 13.9. The highest BCUT2D eigenvalue weighted by atomic mass is 16.3. The fourth-order valence-electron chi connectivity index (χ4n) is 5.29. The molecule has 0 unspecified atom stereocenters. The molecule has 0 N–H and O–H groups in total. The lowest BCUT2D eigenvalue weighted by atomic mass is 9.86. The summed E-state index contributed by atoms with van der Waals surface area (Å²) in [6, 6.07) is 30.1. The van der Waals surface area contributed by atoms with Crippen LogP contribution in [-0.4, -0.2) is 24.4 Å². The summed E-state index contributed by atoms with van der Waals surface area (Å²) in [7, 11) is 0. The zero-order valence-electron chi connectivity index (χ0n) is 23.1. The van der Waals surface area contributed by atoms with E-state index in [-0.39, 0.29) is 17.0 Å². The van der Waals surface area contributed by atoms with E-state index in [0.29, 0.717) is 24.9 Å². The summed E-state index contributed by atoms with van der Waals surface area (Å²) in [4.78, 5) is 13.9. The smallest absolute Gasteiger partial charge is 0.274 e. The number of hydrogen-bond acceptors (Lipinski definition) is 4. The summed E-state index contributed by atoms with van der Waals surface area (Å²) < 4.78 is 11.4. The Hall–Kier alpha value is -4.65. The van der Waals surface area contributed by atoms with Gasteiger partial charge in [0.2, 0.25) is 0 Å². The van der Waals surface area contributed by atoms with Gasteiger partial charge >= 0.3 is 0 Å². The molecule has 3 heterocycles. The van der Waals surface area contributed by atoms with E-state index < -0.39 is 0 Å². The highest BCUT2D eigenvalue weighted by Gasteiger charge is 2.23. The van der Waals surface area contributed by atoms with E-state index in [2.05, 4.69) is 67.5 Å². The first-order valence-corrected chi connectivity index (χ1v) is 13.6. The van der Waals surface area contributed by atoms with Gasteiger partial charge in [-0.25, -0.2) is 9.36 Å². The number of rotatable bonds is 8. The molecule has 0 aliphatic carbocycles. The molecule has 0 radical (unpaired) electrons. The second-order valence-corrected chi connectivity index (χ2v) is 11.3. The molecular formula is C33H33N5O2. The quantitative estimate of drug-likeness (QED) is 0.225. The van der Waals surface area contributed by atoms with Gasteiger partial charge in [0.25, 0.3) is 5.56 Å². The zero-order valence-corrected chi connectivity index (χ0v) is 23.1. The van der Waals surface area contributed by atoms with Crippen molar-refractivity contribution in [1.82, 2.24) is 24.4 Å². The summed E-state index contributed by atoms with van der Waals surface area (Å²) in [5.41, 5.74) is 5.18. The normalized spacial score (nSPS) is 12.7. The van der Waals surface area contributed by atoms with E-state index >= 15 is 0 Å². The van der Waals surface area contributed by atoms with Gasteiger partial charge in [-0.05, 0) is 47.2 Å². The summed E-state index contributed by atoms with van der Waals surface area (Å²) in [5, 5.41) is 9.65. The Bertz CT molecular complexity index is 1770. The average Bonchev–Trinajstić information content (AvgIpc) is 3.70. The molecule has 3 aromatic heterocycles. The Morgan fingerprint density at radius 1 is 0.875 bits per heavy atom. The van der Waals surface area contributed by atoms with E-state index in [1.165, 1.54) is 5.56 Å². The summed E-state index contributed by atoms with van der Waals surface area (Å²) in [6.45, 7) is 7.55. The Labute approximate surface area is 233 Å². The summed E-state index contributed by atoms with van der Waals surface area (Å²) >= 11 is 0. The van der Waals surface area contributed by atoms with Crippen LogP contribution in [0.2, 0.25) is 0 Å². The van der Waals surface area contributed by atoms with Gasteiger partial charge in [0.1, 0.15) is 11.5 Å². The van der Waals surface area contributed by atoms with Crippen LogP contribution in [0.5, 0.6) is 0 Å². The van der Waals surface area contributed by atoms with Gasteiger partial charge < -0.3 is 4.42 Å². The van der Waals surface area contributed by atoms with Gasteiger partial charge in [0.05, 0.1) is 42.5 Å². The minimum Gasteiger partial charge on any atom is -0.467 e. The summed E-state index contributed by atoms with van der Waals surface area (Å²) in [6.07, 6.45) is 4.29. The van der Waals surface area contributed by atoms with Gasteiger partial charge in [-0.2, -0.15) is 0 Å². The number of hydrogen-bond donors (Lipinski definition) is 0. The van der Waals surface area contributed by atoms with Crippen LogP contribution in [0.3, 0.4) is 0 Å². The lowest BCUT2D eigenvalue weighted by molar-refractivity contribution is 0.315. The third kappa shape index (κ3) is 5.15. The number of aromatic nitrogens is 5. The van der Waals surface area contributed by atoms with Crippen LogP contribution < -0.4 is 5.56 Å². The van der Waals surface area contributed by atoms with Gasteiger partial charge in [0, 0.05) is 5.56 Å². The first kappa shape index (κ1) is 25.6. The van der Waals surface area contributed by atoms with E-state index in [1.807, 2.05) is 74.8 Å². The maximum absolute atomic E-state index is 13.9. The van der Waals surface area contributed by atoms with Crippen molar-refractivity contribution in [3.63, 3.8) is 0 Å². The van der Waals surface area contributed by atoms with Crippen LogP contribution in [0, 0.1) is 0 Å². The minimum absolute atomic E-state index is 0.0267. The third-order valence-electron chi connectivity index (χ3n) is 7.41. The number of para-hydroxylation sites is 1. The standard InChI is InChI=1S/C33H33N5O2/c1-33(2,3)26-17-15-25(16-18-26)30-23-36(35-34-30)21-27(20-24-10-5-4-6-11-24)38-32(39)29-13-7-8-14-31(29)37(38)22-28-12-9-19-40-28/h4-19,23,27H,20-22H2,1-3H3/t27-/m0/s1. The second-order valence-electron chi connectivity index (χ2n) is 11.3. The topological polar surface area (TPSA) is 70.8 Å². The zero-order chi connectivity index (χ0) is 27.7. The summed E-state index contributed by atoms with van der Waals surface area (Å²) in [5.74, 6) is 0.787. The minimum atomic E-state index is -0.213. The van der Waals surface area contributed by atoms with E-state index in [1.54, 1.807) is 6.26 Å². The molecule has 6 rings (SSSR count). The SMILES string of the molecule is CC(C)(C)c1ccc(-c2cn(C[C@H](Cc3ccccc3)n3c(=O)c4ccccc4n3Cc3ccco3)nn2)cc1. The molecule has 0 bridgehead atoms. The lowest BCUT2D eigenvalue weighted by Gasteiger charge is -2.22. The largest absolute Gasteiger partial charge is 0.467 e. The number of benzene rings is 3. The van der Waals surface area contributed by atoms with Crippen molar-refractivity contribution < 1.29 is 4.42 Å². The number of furan rings is 1. The predicted molar refractivity (Wildman–Crippen MR) is 157 cm³/mol. The highest BCUT2D eigenvalue weighted by molar-refractivity contribution is 5.78. The second kappa shape index (κ2) is 10.5. The fourth-order valence-corrected chi connectivity index (χ4v) is 5.29.